The van der Waals surface area contributed by atoms with E-state index >= 15 is 0 Å². The third-order valence-corrected chi connectivity index (χ3v) is 4.18. The highest BCUT2D eigenvalue weighted by atomic mass is 32.2. The van der Waals surface area contributed by atoms with Crippen LogP contribution in [0.15, 0.2) is 58.2 Å². The lowest BCUT2D eigenvalue weighted by molar-refractivity contribution is -0.113. The predicted molar refractivity (Wildman–Crippen MR) is 100 cm³/mol. The van der Waals surface area contributed by atoms with Crippen LogP contribution in [-0.4, -0.2) is 28.7 Å². The van der Waals surface area contributed by atoms with Crippen LogP contribution in [0.2, 0.25) is 0 Å². The molecule has 134 valence electrons. The number of ether oxygens (including phenoxy) is 1. The second-order valence-corrected chi connectivity index (χ2v) is 6.74. The van der Waals surface area contributed by atoms with Crippen molar-refractivity contribution in [2.45, 2.75) is 25.2 Å². The Balaban J connectivity index is 1.53. The fourth-order valence-corrected chi connectivity index (χ4v) is 2.85. The van der Waals surface area contributed by atoms with Gasteiger partial charge in [0.25, 0.3) is 5.22 Å². The van der Waals surface area contributed by atoms with E-state index in [0.29, 0.717) is 22.1 Å². The topological polar surface area (TPSA) is 81.4 Å². The molecule has 0 spiro atoms. The molecule has 3 rings (SSSR count). The fraction of sp³-hybridized carbons (Fsp3) is 0.211. The van der Waals surface area contributed by atoms with Crippen molar-refractivity contribution in [2.24, 2.45) is 0 Å². The van der Waals surface area contributed by atoms with Gasteiger partial charge in [-0.2, -0.15) is 0 Å². The molecule has 0 aliphatic heterocycles. The Morgan fingerprint density at radius 1 is 1.15 bits per heavy atom. The Kier molecular flexibility index (Phi) is 5.58. The minimum atomic E-state index is -0.385. The van der Waals surface area contributed by atoms with E-state index < -0.39 is 0 Å². The molecule has 26 heavy (non-hydrogen) atoms. The Labute approximate surface area is 154 Å². The standard InChI is InChI=1S/C19H18N2O4S/c1-12(2)24-18(23)13-7-9-14(10-8-13)20-17(22)11-26-19-21-15-5-3-4-6-16(15)25-19/h3-10,12H,11H2,1-2H3,(H,20,22). The van der Waals surface area contributed by atoms with Crippen LogP contribution in [0.3, 0.4) is 0 Å². The summed E-state index contributed by atoms with van der Waals surface area (Å²) in [6.07, 6.45) is -0.175. The van der Waals surface area contributed by atoms with Gasteiger partial charge in [0.05, 0.1) is 17.4 Å². The monoisotopic (exact) mass is 370 g/mol. The van der Waals surface area contributed by atoms with Crippen molar-refractivity contribution in [1.29, 1.82) is 0 Å². The number of carbonyl (C=O) groups is 2. The predicted octanol–water partition coefficient (Wildman–Crippen LogP) is 4.12. The molecule has 7 heteroatoms. The summed E-state index contributed by atoms with van der Waals surface area (Å²) in [6, 6.07) is 14.0. The molecule has 0 unspecified atom stereocenters. The molecule has 0 aliphatic rings. The summed E-state index contributed by atoms with van der Waals surface area (Å²) in [7, 11) is 0. The lowest BCUT2D eigenvalue weighted by atomic mass is 10.2. The van der Waals surface area contributed by atoms with Crippen LogP contribution in [0.25, 0.3) is 11.1 Å². The number of oxazole rings is 1. The third kappa shape index (κ3) is 4.64. The van der Waals surface area contributed by atoms with Crippen molar-refractivity contribution in [2.75, 3.05) is 11.1 Å². The number of esters is 1. The quantitative estimate of drug-likeness (QED) is 0.519. The van der Waals surface area contributed by atoms with Gasteiger partial charge in [-0.3, -0.25) is 4.79 Å². The number of carbonyl (C=O) groups excluding carboxylic acids is 2. The van der Waals surface area contributed by atoms with Gasteiger partial charge >= 0.3 is 5.97 Å². The number of nitrogens with zero attached hydrogens (tertiary/aromatic N) is 1. The van der Waals surface area contributed by atoms with Crippen LogP contribution in [0.5, 0.6) is 0 Å². The van der Waals surface area contributed by atoms with Crippen molar-refractivity contribution in [3.8, 4) is 0 Å². The van der Waals surface area contributed by atoms with Crippen LogP contribution < -0.4 is 5.32 Å². The maximum absolute atomic E-state index is 12.1. The summed E-state index contributed by atoms with van der Waals surface area (Å²) in [4.78, 5) is 28.2. The fourth-order valence-electron chi connectivity index (χ4n) is 2.21. The Morgan fingerprint density at radius 2 is 1.88 bits per heavy atom. The minimum Gasteiger partial charge on any atom is -0.459 e. The number of hydrogen-bond acceptors (Lipinski definition) is 6. The van der Waals surface area contributed by atoms with E-state index in [1.165, 1.54) is 11.8 Å². The van der Waals surface area contributed by atoms with Gasteiger partial charge in [-0.25, -0.2) is 9.78 Å². The normalized spacial score (nSPS) is 10.9. The molecule has 0 saturated carbocycles. The van der Waals surface area contributed by atoms with Gasteiger partial charge in [-0.05, 0) is 50.2 Å². The number of para-hydroxylation sites is 2. The maximum atomic E-state index is 12.1. The van der Waals surface area contributed by atoms with Gasteiger partial charge in [0.1, 0.15) is 5.52 Å². The van der Waals surface area contributed by atoms with Crippen molar-refractivity contribution in [3.05, 3.63) is 54.1 Å². The van der Waals surface area contributed by atoms with E-state index in [-0.39, 0.29) is 23.7 Å². The van der Waals surface area contributed by atoms with Gasteiger partial charge in [-0.15, -0.1) is 0 Å². The minimum absolute atomic E-state index is 0.171. The number of nitrogens with one attached hydrogen (secondary N) is 1. The second-order valence-electron chi connectivity index (χ2n) is 5.82. The van der Waals surface area contributed by atoms with Gasteiger partial charge in [-0.1, -0.05) is 23.9 Å². The molecule has 6 nitrogen and oxygen atoms in total. The molecular weight excluding hydrogens is 352 g/mol. The summed E-state index contributed by atoms with van der Waals surface area (Å²) in [6.45, 7) is 3.59. The highest BCUT2D eigenvalue weighted by Crippen LogP contribution is 2.23. The summed E-state index contributed by atoms with van der Waals surface area (Å²) < 4.78 is 10.7. The first-order chi connectivity index (χ1) is 12.5. The lowest BCUT2D eigenvalue weighted by Crippen LogP contribution is -2.14. The number of fused-ring (bicyclic) bond motifs is 1. The smallest absolute Gasteiger partial charge is 0.338 e. The molecule has 3 aromatic rings. The molecule has 0 fully saturated rings. The molecule has 1 amide bonds. The summed E-state index contributed by atoms with van der Waals surface area (Å²) in [5.41, 5.74) is 2.50. The second kappa shape index (κ2) is 8.05. The van der Waals surface area contributed by atoms with Crippen LogP contribution >= 0.6 is 11.8 Å². The molecule has 1 aromatic heterocycles. The SMILES string of the molecule is CC(C)OC(=O)c1ccc(NC(=O)CSc2nc3ccccc3o2)cc1. The first kappa shape index (κ1) is 18.0. The third-order valence-electron chi connectivity index (χ3n) is 3.35. The van der Waals surface area contributed by atoms with Crippen LogP contribution in [0.1, 0.15) is 24.2 Å². The summed E-state index contributed by atoms with van der Waals surface area (Å²) in [5, 5.41) is 3.22. The van der Waals surface area contributed by atoms with Crippen LogP contribution in [0.4, 0.5) is 5.69 Å². The zero-order valence-electron chi connectivity index (χ0n) is 14.4. The van der Waals surface area contributed by atoms with E-state index in [1.54, 1.807) is 38.1 Å². The van der Waals surface area contributed by atoms with E-state index in [4.69, 9.17) is 9.15 Å². The Hall–Kier alpha value is -2.80. The molecular formula is C19H18N2O4S. The van der Waals surface area contributed by atoms with Crippen LogP contribution in [0, 0.1) is 0 Å². The highest BCUT2D eigenvalue weighted by molar-refractivity contribution is 7.99. The first-order valence-electron chi connectivity index (χ1n) is 8.10. The molecule has 0 bridgehead atoms. The van der Waals surface area contributed by atoms with Crippen molar-refractivity contribution < 1.29 is 18.7 Å². The number of benzene rings is 2. The van der Waals surface area contributed by atoms with E-state index in [0.717, 1.165) is 5.52 Å². The van der Waals surface area contributed by atoms with Gasteiger partial charge in [0.2, 0.25) is 5.91 Å². The number of thioether (sulfide) groups is 1. The van der Waals surface area contributed by atoms with E-state index in [2.05, 4.69) is 10.3 Å². The molecule has 1 heterocycles. The molecule has 0 radical (unpaired) electrons. The van der Waals surface area contributed by atoms with Crippen molar-refractivity contribution >= 4 is 40.4 Å². The lowest BCUT2D eigenvalue weighted by Gasteiger charge is -2.08. The van der Waals surface area contributed by atoms with Crippen molar-refractivity contribution in [3.63, 3.8) is 0 Å². The Morgan fingerprint density at radius 3 is 2.58 bits per heavy atom. The maximum Gasteiger partial charge on any atom is 0.338 e. The largest absolute Gasteiger partial charge is 0.459 e. The number of anilines is 1. The number of rotatable bonds is 6. The molecule has 2 aromatic carbocycles. The number of hydrogen-bond donors (Lipinski definition) is 1. The Bertz CT molecular complexity index is 886. The zero-order chi connectivity index (χ0) is 18.5. The van der Waals surface area contributed by atoms with Gasteiger partial charge in [0, 0.05) is 5.69 Å². The van der Waals surface area contributed by atoms with Crippen LogP contribution in [-0.2, 0) is 9.53 Å². The highest BCUT2D eigenvalue weighted by Gasteiger charge is 2.11. The summed E-state index contributed by atoms with van der Waals surface area (Å²) in [5.74, 6) is -0.400. The average Bonchev–Trinajstić information content (AvgIpc) is 3.03. The van der Waals surface area contributed by atoms with E-state index in [1.807, 2.05) is 24.3 Å². The first-order valence-corrected chi connectivity index (χ1v) is 9.09. The summed E-state index contributed by atoms with van der Waals surface area (Å²) >= 11 is 1.22. The molecule has 0 saturated heterocycles. The number of amides is 1. The van der Waals surface area contributed by atoms with Gasteiger partial charge in [0.15, 0.2) is 5.58 Å². The number of aromatic nitrogens is 1. The molecule has 1 N–H and O–H groups in total. The zero-order valence-corrected chi connectivity index (χ0v) is 15.2. The van der Waals surface area contributed by atoms with Gasteiger partial charge < -0.3 is 14.5 Å². The van der Waals surface area contributed by atoms with E-state index in [9.17, 15) is 9.59 Å². The molecule has 0 aliphatic carbocycles. The average molecular weight is 370 g/mol. The molecule has 0 atom stereocenters. The van der Waals surface area contributed by atoms with Crippen molar-refractivity contribution in [1.82, 2.24) is 4.98 Å².